The van der Waals surface area contributed by atoms with Crippen LogP contribution in [0.1, 0.15) is 18.1 Å². The minimum atomic E-state index is -0.673. The summed E-state index contributed by atoms with van der Waals surface area (Å²) in [6.45, 7) is 1.83. The molecule has 0 aliphatic carbocycles. The van der Waals surface area contributed by atoms with Gasteiger partial charge >= 0.3 is 5.97 Å². The van der Waals surface area contributed by atoms with Crippen molar-refractivity contribution in [3.8, 4) is 0 Å². The van der Waals surface area contributed by atoms with E-state index in [1.165, 1.54) is 24.3 Å². The molecule has 0 fully saturated rings. The number of nitrogens with one attached hydrogen (secondary N) is 1. The lowest BCUT2D eigenvalue weighted by Gasteiger charge is -2.09. The minimum Gasteiger partial charge on any atom is -0.452 e. The van der Waals surface area contributed by atoms with Gasteiger partial charge in [-0.15, -0.1) is 0 Å². The molecule has 0 saturated heterocycles. The van der Waals surface area contributed by atoms with Crippen LogP contribution < -0.4 is 5.32 Å². The zero-order valence-electron chi connectivity index (χ0n) is 13.6. The number of likely N-dealkylation sites (N-methyl/N-ethyl adjacent to an activating group) is 1. The Hall–Kier alpha value is -2.66. The SMILES string of the molecule is CCNC(=O)COC(=O)/C(=C/c1ccc(Cl)cc1)c1ccc(F)cc1. The van der Waals surface area contributed by atoms with Gasteiger partial charge in [-0.2, -0.15) is 0 Å². The highest BCUT2D eigenvalue weighted by Crippen LogP contribution is 2.21. The van der Waals surface area contributed by atoms with Gasteiger partial charge < -0.3 is 10.1 Å². The number of ether oxygens (including phenoxy) is 1. The first kappa shape index (κ1) is 18.7. The van der Waals surface area contributed by atoms with Gasteiger partial charge in [0, 0.05) is 11.6 Å². The minimum absolute atomic E-state index is 0.214. The molecular formula is C19H17ClFNO3. The molecule has 0 aromatic heterocycles. The van der Waals surface area contributed by atoms with E-state index in [9.17, 15) is 14.0 Å². The summed E-state index contributed by atoms with van der Waals surface area (Å²) in [7, 11) is 0. The van der Waals surface area contributed by atoms with Gasteiger partial charge in [0.1, 0.15) is 5.82 Å². The average Bonchev–Trinajstić information content (AvgIpc) is 2.60. The molecule has 4 nitrogen and oxygen atoms in total. The second-order valence-corrected chi connectivity index (χ2v) is 5.58. The van der Waals surface area contributed by atoms with E-state index >= 15 is 0 Å². The summed E-state index contributed by atoms with van der Waals surface area (Å²) < 4.78 is 18.2. The summed E-state index contributed by atoms with van der Waals surface area (Å²) in [6.07, 6.45) is 1.60. The van der Waals surface area contributed by atoms with Crippen LogP contribution in [0.25, 0.3) is 11.6 Å². The van der Waals surface area contributed by atoms with Gasteiger partial charge in [-0.25, -0.2) is 9.18 Å². The molecule has 2 aromatic rings. The zero-order valence-corrected chi connectivity index (χ0v) is 14.3. The van der Waals surface area contributed by atoms with E-state index in [2.05, 4.69) is 5.32 Å². The van der Waals surface area contributed by atoms with Gasteiger partial charge in [-0.05, 0) is 48.4 Å². The molecule has 2 aromatic carbocycles. The van der Waals surface area contributed by atoms with E-state index in [0.29, 0.717) is 17.1 Å². The first-order valence-corrected chi connectivity index (χ1v) is 8.04. The number of benzene rings is 2. The van der Waals surface area contributed by atoms with Crippen molar-refractivity contribution >= 4 is 35.1 Å². The van der Waals surface area contributed by atoms with Crippen LogP contribution >= 0.6 is 11.6 Å². The maximum absolute atomic E-state index is 13.2. The van der Waals surface area contributed by atoms with Crippen molar-refractivity contribution in [2.24, 2.45) is 0 Å². The van der Waals surface area contributed by atoms with Gasteiger partial charge in [0.25, 0.3) is 5.91 Å². The van der Waals surface area contributed by atoms with Crippen molar-refractivity contribution in [3.05, 3.63) is 70.5 Å². The fourth-order valence-electron chi connectivity index (χ4n) is 2.07. The third-order valence-corrected chi connectivity index (χ3v) is 3.52. The predicted octanol–water partition coefficient (Wildman–Crippen LogP) is 3.70. The molecule has 0 saturated carbocycles. The fraction of sp³-hybridized carbons (Fsp3) is 0.158. The first-order chi connectivity index (χ1) is 12.0. The highest BCUT2D eigenvalue weighted by atomic mass is 35.5. The second kappa shape index (κ2) is 8.99. The van der Waals surface area contributed by atoms with E-state index in [0.717, 1.165) is 5.56 Å². The lowest BCUT2D eigenvalue weighted by molar-refractivity contribution is -0.142. The molecule has 0 unspecified atom stereocenters. The quantitative estimate of drug-likeness (QED) is 0.485. The number of halogens is 2. The molecule has 2 rings (SSSR count). The number of hydrogen-bond acceptors (Lipinski definition) is 3. The third-order valence-electron chi connectivity index (χ3n) is 3.26. The van der Waals surface area contributed by atoms with Gasteiger partial charge in [0.05, 0.1) is 5.57 Å². The molecule has 0 bridgehead atoms. The molecule has 6 heteroatoms. The van der Waals surface area contributed by atoms with Crippen LogP contribution in [0, 0.1) is 5.82 Å². The lowest BCUT2D eigenvalue weighted by atomic mass is 10.0. The molecule has 0 atom stereocenters. The molecule has 130 valence electrons. The van der Waals surface area contributed by atoms with Crippen LogP contribution in [0.2, 0.25) is 5.02 Å². The maximum atomic E-state index is 13.2. The Morgan fingerprint density at radius 3 is 2.36 bits per heavy atom. The molecule has 0 spiro atoms. The highest BCUT2D eigenvalue weighted by molar-refractivity contribution is 6.30. The van der Waals surface area contributed by atoms with E-state index in [1.54, 1.807) is 37.3 Å². The number of amides is 1. The highest BCUT2D eigenvalue weighted by Gasteiger charge is 2.15. The van der Waals surface area contributed by atoms with Gasteiger partial charge in [0.2, 0.25) is 0 Å². The zero-order chi connectivity index (χ0) is 18.2. The maximum Gasteiger partial charge on any atom is 0.339 e. The molecule has 1 amide bonds. The Labute approximate surface area is 150 Å². The monoisotopic (exact) mass is 361 g/mol. The summed E-state index contributed by atoms with van der Waals surface area (Å²) in [5.74, 6) is -1.47. The largest absolute Gasteiger partial charge is 0.452 e. The smallest absolute Gasteiger partial charge is 0.339 e. The van der Waals surface area contributed by atoms with E-state index in [1.807, 2.05) is 0 Å². The summed E-state index contributed by atoms with van der Waals surface area (Å²) in [5, 5.41) is 3.11. The summed E-state index contributed by atoms with van der Waals surface area (Å²) in [5.41, 5.74) is 1.42. The Balaban J connectivity index is 2.28. The molecule has 0 aliphatic heterocycles. The summed E-state index contributed by atoms with van der Waals surface area (Å²) >= 11 is 5.86. The molecular weight excluding hydrogens is 345 g/mol. The number of esters is 1. The molecule has 1 N–H and O–H groups in total. The van der Waals surface area contributed by atoms with Crippen molar-refractivity contribution in [1.82, 2.24) is 5.32 Å². The lowest BCUT2D eigenvalue weighted by Crippen LogP contribution is -2.28. The molecule has 0 heterocycles. The van der Waals surface area contributed by atoms with E-state index < -0.39 is 11.8 Å². The first-order valence-electron chi connectivity index (χ1n) is 7.66. The Kier molecular flexibility index (Phi) is 6.71. The number of carbonyl (C=O) groups excluding carboxylic acids is 2. The van der Waals surface area contributed by atoms with Crippen LogP contribution in [0.15, 0.2) is 48.5 Å². The number of carbonyl (C=O) groups is 2. The van der Waals surface area contributed by atoms with Crippen LogP contribution in [-0.2, 0) is 14.3 Å². The topological polar surface area (TPSA) is 55.4 Å². The molecule has 25 heavy (non-hydrogen) atoms. The van der Waals surface area contributed by atoms with Crippen LogP contribution in [0.4, 0.5) is 4.39 Å². The van der Waals surface area contributed by atoms with Gasteiger partial charge in [-0.1, -0.05) is 35.9 Å². The third kappa shape index (κ3) is 5.72. The van der Waals surface area contributed by atoms with E-state index in [4.69, 9.17) is 16.3 Å². The van der Waals surface area contributed by atoms with Crippen molar-refractivity contribution in [3.63, 3.8) is 0 Å². The van der Waals surface area contributed by atoms with E-state index in [-0.39, 0.29) is 18.1 Å². The van der Waals surface area contributed by atoms with Crippen LogP contribution in [-0.4, -0.2) is 25.0 Å². The Morgan fingerprint density at radius 1 is 1.12 bits per heavy atom. The number of rotatable bonds is 6. The Morgan fingerprint density at radius 2 is 1.76 bits per heavy atom. The van der Waals surface area contributed by atoms with Gasteiger partial charge in [-0.3, -0.25) is 4.79 Å². The standard InChI is InChI=1S/C19H17ClFNO3/c1-2-22-18(23)12-25-19(24)17(14-5-9-16(21)10-6-14)11-13-3-7-15(20)8-4-13/h3-11H,2,12H2,1H3,(H,22,23)/b17-11+. The second-order valence-electron chi connectivity index (χ2n) is 5.15. The van der Waals surface area contributed by atoms with Crippen LogP contribution in [0.5, 0.6) is 0 Å². The van der Waals surface area contributed by atoms with Gasteiger partial charge in [0.15, 0.2) is 6.61 Å². The van der Waals surface area contributed by atoms with Crippen molar-refractivity contribution in [2.45, 2.75) is 6.92 Å². The molecule has 0 aliphatic rings. The summed E-state index contributed by atoms with van der Waals surface area (Å²) in [6, 6.07) is 12.3. The fourth-order valence-corrected chi connectivity index (χ4v) is 2.20. The Bertz CT molecular complexity index is 770. The number of hydrogen-bond donors (Lipinski definition) is 1. The average molecular weight is 362 g/mol. The van der Waals surface area contributed by atoms with Crippen molar-refractivity contribution in [2.75, 3.05) is 13.2 Å². The summed E-state index contributed by atoms with van der Waals surface area (Å²) in [4.78, 5) is 23.9. The van der Waals surface area contributed by atoms with Crippen molar-refractivity contribution < 1.29 is 18.7 Å². The predicted molar refractivity (Wildman–Crippen MR) is 95.4 cm³/mol. The molecule has 0 radical (unpaired) electrons. The van der Waals surface area contributed by atoms with Crippen LogP contribution in [0.3, 0.4) is 0 Å². The van der Waals surface area contributed by atoms with Crippen molar-refractivity contribution in [1.29, 1.82) is 0 Å². The normalized spacial score (nSPS) is 11.1.